The monoisotopic (exact) mass is 334 g/mol. The summed E-state index contributed by atoms with van der Waals surface area (Å²) in [5.74, 6) is 0.354. The van der Waals surface area contributed by atoms with Crippen LogP contribution in [0.5, 0.6) is 17.2 Å². The molecule has 0 unspecified atom stereocenters. The number of phenols is 1. The van der Waals surface area contributed by atoms with E-state index in [2.05, 4.69) is 10.5 Å². The summed E-state index contributed by atoms with van der Waals surface area (Å²) in [7, 11) is 1.45. The Bertz CT molecular complexity index is 719. The molecule has 7 heteroatoms. The third-order valence-corrected chi connectivity index (χ3v) is 3.11. The van der Waals surface area contributed by atoms with Crippen molar-refractivity contribution in [3.8, 4) is 17.2 Å². The molecular weight excluding hydrogens is 320 g/mol. The lowest BCUT2D eigenvalue weighted by molar-refractivity contribution is -0.123. The Labute approximate surface area is 138 Å². The number of nitrogens with one attached hydrogen (secondary N) is 1. The summed E-state index contributed by atoms with van der Waals surface area (Å²) in [6.45, 7) is -0.208. The zero-order valence-electron chi connectivity index (χ0n) is 12.3. The normalized spacial score (nSPS) is 10.5. The SMILES string of the molecule is COc1cc(/C=N/NC(=O)COc2ccccc2Cl)ccc1O. The number of amides is 1. The Morgan fingerprint density at radius 1 is 1.30 bits per heavy atom. The van der Waals surface area contributed by atoms with E-state index in [0.717, 1.165) is 0 Å². The maximum atomic E-state index is 11.6. The van der Waals surface area contributed by atoms with Gasteiger partial charge in [0, 0.05) is 0 Å². The summed E-state index contributed by atoms with van der Waals surface area (Å²) in [5, 5.41) is 13.7. The van der Waals surface area contributed by atoms with Crippen LogP contribution >= 0.6 is 11.6 Å². The van der Waals surface area contributed by atoms with Crippen LogP contribution in [0.3, 0.4) is 0 Å². The van der Waals surface area contributed by atoms with E-state index in [1.54, 1.807) is 36.4 Å². The van der Waals surface area contributed by atoms with E-state index in [4.69, 9.17) is 21.1 Å². The summed E-state index contributed by atoms with van der Waals surface area (Å²) in [5.41, 5.74) is 2.99. The van der Waals surface area contributed by atoms with Gasteiger partial charge in [-0.15, -0.1) is 0 Å². The number of phenolic OH excluding ortho intramolecular Hbond substituents is 1. The first kappa shape index (κ1) is 16.6. The van der Waals surface area contributed by atoms with Crippen molar-refractivity contribution in [3.63, 3.8) is 0 Å². The summed E-state index contributed by atoms with van der Waals surface area (Å²) >= 11 is 5.91. The van der Waals surface area contributed by atoms with Gasteiger partial charge in [0.1, 0.15) is 5.75 Å². The third-order valence-electron chi connectivity index (χ3n) is 2.80. The van der Waals surface area contributed by atoms with Crippen LogP contribution < -0.4 is 14.9 Å². The first-order valence-corrected chi connectivity index (χ1v) is 7.04. The molecule has 1 amide bonds. The molecule has 120 valence electrons. The Morgan fingerprint density at radius 2 is 2.09 bits per heavy atom. The van der Waals surface area contributed by atoms with Gasteiger partial charge in [0.05, 0.1) is 18.3 Å². The lowest BCUT2D eigenvalue weighted by Gasteiger charge is -2.06. The van der Waals surface area contributed by atoms with Crippen molar-refractivity contribution in [2.75, 3.05) is 13.7 Å². The number of ether oxygens (including phenoxy) is 2. The number of para-hydroxylation sites is 1. The molecule has 2 N–H and O–H groups in total. The number of benzene rings is 2. The second kappa shape index (κ2) is 8.05. The number of hydrogen-bond donors (Lipinski definition) is 2. The van der Waals surface area contributed by atoms with Crippen LogP contribution in [0.4, 0.5) is 0 Å². The van der Waals surface area contributed by atoms with Crippen molar-refractivity contribution < 1.29 is 19.4 Å². The number of halogens is 1. The molecule has 0 saturated carbocycles. The Balaban J connectivity index is 1.85. The number of rotatable bonds is 6. The number of hydrazone groups is 1. The van der Waals surface area contributed by atoms with Gasteiger partial charge in [-0.25, -0.2) is 5.43 Å². The molecule has 0 aliphatic rings. The first-order valence-electron chi connectivity index (χ1n) is 6.66. The molecule has 2 aromatic rings. The molecular formula is C16H15ClN2O4. The number of methoxy groups -OCH3 is 1. The van der Waals surface area contributed by atoms with Crippen LogP contribution in [0.15, 0.2) is 47.6 Å². The minimum Gasteiger partial charge on any atom is -0.504 e. The molecule has 6 nitrogen and oxygen atoms in total. The van der Waals surface area contributed by atoms with Crippen LogP contribution in [-0.4, -0.2) is 30.9 Å². The van der Waals surface area contributed by atoms with Gasteiger partial charge in [-0.1, -0.05) is 23.7 Å². The van der Waals surface area contributed by atoms with Crippen molar-refractivity contribution in [1.82, 2.24) is 5.43 Å². The topological polar surface area (TPSA) is 80.2 Å². The average molecular weight is 335 g/mol. The molecule has 0 heterocycles. The van der Waals surface area contributed by atoms with Gasteiger partial charge in [0.15, 0.2) is 18.1 Å². The van der Waals surface area contributed by atoms with Crippen molar-refractivity contribution in [3.05, 3.63) is 53.1 Å². The molecule has 0 aromatic heterocycles. The van der Waals surface area contributed by atoms with Gasteiger partial charge < -0.3 is 14.6 Å². The van der Waals surface area contributed by atoms with E-state index in [9.17, 15) is 9.90 Å². The molecule has 0 spiro atoms. The molecule has 0 bridgehead atoms. The van der Waals surface area contributed by atoms with Crippen molar-refractivity contribution in [2.24, 2.45) is 5.10 Å². The molecule has 2 aromatic carbocycles. The summed E-state index contributed by atoms with van der Waals surface area (Å²) < 4.78 is 10.3. The van der Waals surface area contributed by atoms with E-state index in [1.165, 1.54) is 19.4 Å². The van der Waals surface area contributed by atoms with Crippen molar-refractivity contribution in [1.29, 1.82) is 0 Å². The standard InChI is InChI=1S/C16H15ClN2O4/c1-22-15-8-11(6-7-13(15)20)9-18-19-16(21)10-23-14-5-3-2-4-12(14)17/h2-9,20H,10H2,1H3,(H,19,21)/b18-9+. The Hall–Kier alpha value is -2.73. The van der Waals surface area contributed by atoms with Gasteiger partial charge in [-0.3, -0.25) is 4.79 Å². The molecule has 2 rings (SSSR count). The predicted octanol–water partition coefficient (Wildman–Crippen LogP) is 2.58. The number of nitrogens with zero attached hydrogens (tertiary/aromatic N) is 1. The number of aromatic hydroxyl groups is 1. The summed E-state index contributed by atoms with van der Waals surface area (Å²) in [6.07, 6.45) is 1.43. The molecule has 0 aliphatic heterocycles. The quantitative estimate of drug-likeness (QED) is 0.628. The van der Waals surface area contributed by atoms with Crippen molar-refractivity contribution in [2.45, 2.75) is 0 Å². The molecule has 0 atom stereocenters. The zero-order chi connectivity index (χ0) is 16.7. The smallest absolute Gasteiger partial charge is 0.277 e. The fourth-order valence-electron chi connectivity index (χ4n) is 1.69. The molecule has 0 saturated heterocycles. The van der Waals surface area contributed by atoms with E-state index >= 15 is 0 Å². The lowest BCUT2D eigenvalue weighted by atomic mass is 10.2. The van der Waals surface area contributed by atoms with Gasteiger partial charge in [0.25, 0.3) is 5.91 Å². The summed E-state index contributed by atoms with van der Waals surface area (Å²) in [6, 6.07) is 11.6. The zero-order valence-corrected chi connectivity index (χ0v) is 13.1. The highest BCUT2D eigenvalue weighted by atomic mass is 35.5. The maximum Gasteiger partial charge on any atom is 0.277 e. The largest absolute Gasteiger partial charge is 0.504 e. The summed E-state index contributed by atoms with van der Waals surface area (Å²) in [4.78, 5) is 11.6. The van der Waals surface area contributed by atoms with E-state index in [0.29, 0.717) is 22.1 Å². The van der Waals surface area contributed by atoms with Crippen LogP contribution in [0, 0.1) is 0 Å². The average Bonchev–Trinajstić information content (AvgIpc) is 2.55. The predicted molar refractivity (Wildman–Crippen MR) is 87.3 cm³/mol. The highest BCUT2D eigenvalue weighted by Gasteiger charge is 2.04. The van der Waals surface area contributed by atoms with E-state index in [-0.39, 0.29) is 12.4 Å². The molecule has 23 heavy (non-hydrogen) atoms. The minimum atomic E-state index is -0.424. The first-order chi connectivity index (χ1) is 11.1. The van der Waals surface area contributed by atoms with Gasteiger partial charge in [0.2, 0.25) is 0 Å². The van der Waals surface area contributed by atoms with E-state index in [1.807, 2.05) is 0 Å². The molecule has 0 radical (unpaired) electrons. The van der Waals surface area contributed by atoms with E-state index < -0.39 is 5.91 Å². The fourth-order valence-corrected chi connectivity index (χ4v) is 1.88. The second-order valence-corrected chi connectivity index (χ2v) is 4.85. The van der Waals surface area contributed by atoms with Crippen molar-refractivity contribution >= 4 is 23.7 Å². The van der Waals surface area contributed by atoms with Crippen LogP contribution in [-0.2, 0) is 4.79 Å². The van der Waals surface area contributed by atoms with Crippen LogP contribution in [0.2, 0.25) is 5.02 Å². The maximum absolute atomic E-state index is 11.6. The lowest BCUT2D eigenvalue weighted by Crippen LogP contribution is -2.24. The number of carbonyl (C=O) groups is 1. The van der Waals surface area contributed by atoms with Gasteiger partial charge in [-0.05, 0) is 35.9 Å². The second-order valence-electron chi connectivity index (χ2n) is 4.44. The number of carbonyl (C=O) groups excluding carboxylic acids is 1. The fraction of sp³-hybridized carbons (Fsp3) is 0.125. The van der Waals surface area contributed by atoms with Gasteiger partial charge in [-0.2, -0.15) is 5.10 Å². The van der Waals surface area contributed by atoms with Gasteiger partial charge >= 0.3 is 0 Å². The van der Waals surface area contributed by atoms with Crippen LogP contribution in [0.1, 0.15) is 5.56 Å². The highest BCUT2D eigenvalue weighted by Crippen LogP contribution is 2.25. The Kier molecular flexibility index (Phi) is 5.82. The Morgan fingerprint density at radius 3 is 2.83 bits per heavy atom. The minimum absolute atomic E-state index is 0.0295. The molecule has 0 fully saturated rings. The highest BCUT2D eigenvalue weighted by molar-refractivity contribution is 6.32. The van der Waals surface area contributed by atoms with Crippen LogP contribution in [0.25, 0.3) is 0 Å². The number of hydrogen-bond acceptors (Lipinski definition) is 5. The third kappa shape index (κ3) is 4.89. The molecule has 0 aliphatic carbocycles.